The number of anilines is 1. The van der Waals surface area contributed by atoms with Gasteiger partial charge in [0.15, 0.2) is 5.58 Å². The highest BCUT2D eigenvalue weighted by molar-refractivity contribution is 5.92. The Balaban J connectivity index is 1.92. The molecule has 0 radical (unpaired) electrons. The minimum absolute atomic E-state index is 0.223. The topological polar surface area (TPSA) is 66.6 Å². The van der Waals surface area contributed by atoms with Crippen LogP contribution in [-0.2, 0) is 0 Å². The van der Waals surface area contributed by atoms with Crippen LogP contribution in [0.1, 0.15) is 30.1 Å². The summed E-state index contributed by atoms with van der Waals surface area (Å²) < 4.78 is 5.69. The molecule has 1 aromatic carbocycles. The third-order valence-electron chi connectivity index (χ3n) is 3.45. The average Bonchev–Trinajstić information content (AvgIpc) is 3.12. The molecule has 0 unspecified atom stereocenters. The van der Waals surface area contributed by atoms with Crippen molar-refractivity contribution in [2.24, 2.45) is 5.92 Å². The number of carboxylic acids is 1. The molecule has 0 atom stereocenters. The van der Waals surface area contributed by atoms with Crippen molar-refractivity contribution in [2.45, 2.75) is 19.8 Å². The fourth-order valence-corrected chi connectivity index (χ4v) is 2.14. The number of nitrogens with zero attached hydrogens (tertiary/aromatic N) is 2. The van der Waals surface area contributed by atoms with E-state index in [-0.39, 0.29) is 5.56 Å². The number of fused-ring (bicyclic) bond motifs is 1. The number of carbonyl (C=O) groups is 1. The summed E-state index contributed by atoms with van der Waals surface area (Å²) in [6.45, 7) is 3.88. The molecule has 19 heavy (non-hydrogen) atoms. The van der Waals surface area contributed by atoms with E-state index in [9.17, 15) is 4.79 Å². The zero-order valence-corrected chi connectivity index (χ0v) is 10.8. The lowest BCUT2D eigenvalue weighted by atomic mass is 10.2. The van der Waals surface area contributed by atoms with Gasteiger partial charge in [0.2, 0.25) is 0 Å². The van der Waals surface area contributed by atoms with Gasteiger partial charge in [-0.3, -0.25) is 0 Å². The molecule has 1 fully saturated rings. The zero-order chi connectivity index (χ0) is 13.4. The minimum Gasteiger partial charge on any atom is -0.478 e. The van der Waals surface area contributed by atoms with Crippen LogP contribution in [0, 0.1) is 5.92 Å². The van der Waals surface area contributed by atoms with Gasteiger partial charge >= 0.3 is 5.97 Å². The maximum Gasteiger partial charge on any atom is 0.335 e. The van der Waals surface area contributed by atoms with Crippen LogP contribution in [0.5, 0.6) is 0 Å². The molecule has 0 amide bonds. The van der Waals surface area contributed by atoms with Crippen LogP contribution in [0.15, 0.2) is 22.6 Å². The molecule has 5 heteroatoms. The van der Waals surface area contributed by atoms with Crippen LogP contribution in [0.3, 0.4) is 0 Å². The highest BCUT2D eigenvalue weighted by Crippen LogP contribution is 2.32. The van der Waals surface area contributed by atoms with Crippen LogP contribution < -0.4 is 4.90 Å². The van der Waals surface area contributed by atoms with Crippen molar-refractivity contribution in [3.05, 3.63) is 23.8 Å². The van der Waals surface area contributed by atoms with E-state index in [1.54, 1.807) is 12.1 Å². The Bertz CT molecular complexity index is 616. The molecule has 0 spiro atoms. The standard InChI is InChI=1S/C14H16N2O3/c1-2-16(8-9-3-4-9)14-15-11-6-5-10(13(17)18)7-12(11)19-14/h5-7,9H,2-4,8H2,1H3,(H,17,18). The number of carboxylic acid groups (broad SMARTS) is 1. The molecule has 0 aliphatic heterocycles. The van der Waals surface area contributed by atoms with Gasteiger partial charge in [0.05, 0.1) is 5.56 Å². The minimum atomic E-state index is -0.954. The number of hydrogen-bond donors (Lipinski definition) is 1. The highest BCUT2D eigenvalue weighted by Gasteiger charge is 2.25. The summed E-state index contributed by atoms with van der Waals surface area (Å²) in [6, 6.07) is 5.36. The number of aromatic carboxylic acids is 1. The summed E-state index contributed by atoms with van der Waals surface area (Å²) in [5.74, 6) is -0.199. The predicted molar refractivity (Wildman–Crippen MR) is 71.6 cm³/mol. The van der Waals surface area contributed by atoms with Gasteiger partial charge in [-0.1, -0.05) is 0 Å². The van der Waals surface area contributed by atoms with Crippen molar-refractivity contribution in [3.8, 4) is 0 Å². The fraction of sp³-hybridized carbons (Fsp3) is 0.429. The van der Waals surface area contributed by atoms with Crippen LogP contribution in [-0.4, -0.2) is 29.1 Å². The van der Waals surface area contributed by atoms with Crippen LogP contribution in [0.25, 0.3) is 11.1 Å². The van der Waals surface area contributed by atoms with E-state index in [0.717, 1.165) is 19.0 Å². The monoisotopic (exact) mass is 260 g/mol. The normalized spacial score (nSPS) is 14.8. The lowest BCUT2D eigenvalue weighted by Gasteiger charge is -2.17. The lowest BCUT2D eigenvalue weighted by Crippen LogP contribution is -2.25. The van der Waals surface area contributed by atoms with Gasteiger partial charge in [0.25, 0.3) is 6.01 Å². The SMILES string of the molecule is CCN(CC1CC1)c1nc2ccc(C(=O)O)cc2o1. The van der Waals surface area contributed by atoms with Crippen LogP contribution >= 0.6 is 0 Å². The maximum atomic E-state index is 10.9. The Morgan fingerprint density at radius 1 is 1.53 bits per heavy atom. The first-order chi connectivity index (χ1) is 9.17. The van der Waals surface area contributed by atoms with Gasteiger partial charge in [0.1, 0.15) is 5.52 Å². The molecule has 1 aromatic heterocycles. The lowest BCUT2D eigenvalue weighted by molar-refractivity contribution is 0.0697. The maximum absolute atomic E-state index is 10.9. The second kappa shape index (κ2) is 4.57. The Labute approximate surface area is 110 Å². The Hall–Kier alpha value is -2.04. The second-order valence-corrected chi connectivity index (χ2v) is 4.97. The number of rotatable bonds is 5. The van der Waals surface area contributed by atoms with E-state index in [2.05, 4.69) is 16.8 Å². The van der Waals surface area contributed by atoms with E-state index in [4.69, 9.17) is 9.52 Å². The number of benzene rings is 1. The molecule has 100 valence electrons. The molecular weight excluding hydrogens is 244 g/mol. The van der Waals surface area contributed by atoms with Gasteiger partial charge in [-0.25, -0.2) is 4.79 Å². The molecule has 5 nitrogen and oxygen atoms in total. The molecule has 1 aliphatic carbocycles. The molecule has 1 saturated carbocycles. The summed E-state index contributed by atoms with van der Waals surface area (Å²) in [5, 5.41) is 8.96. The molecule has 2 aromatic rings. The molecule has 1 aliphatic rings. The molecule has 0 bridgehead atoms. The first-order valence-corrected chi connectivity index (χ1v) is 6.56. The molecule has 1 N–H and O–H groups in total. The quantitative estimate of drug-likeness (QED) is 0.895. The van der Waals surface area contributed by atoms with Crippen LogP contribution in [0.2, 0.25) is 0 Å². The van der Waals surface area contributed by atoms with E-state index in [0.29, 0.717) is 17.1 Å². The molecule has 1 heterocycles. The number of oxazole rings is 1. The Morgan fingerprint density at radius 2 is 2.32 bits per heavy atom. The van der Waals surface area contributed by atoms with Crippen LogP contribution in [0.4, 0.5) is 6.01 Å². The summed E-state index contributed by atoms with van der Waals surface area (Å²) in [7, 11) is 0. The Morgan fingerprint density at radius 3 is 2.95 bits per heavy atom. The molecule has 0 saturated heterocycles. The van der Waals surface area contributed by atoms with Crippen molar-refractivity contribution in [3.63, 3.8) is 0 Å². The zero-order valence-electron chi connectivity index (χ0n) is 10.8. The largest absolute Gasteiger partial charge is 0.478 e. The first kappa shape index (κ1) is 12.0. The Kier molecular flexibility index (Phi) is 2.89. The summed E-state index contributed by atoms with van der Waals surface area (Å²) in [4.78, 5) is 17.5. The van der Waals surface area contributed by atoms with E-state index < -0.39 is 5.97 Å². The molecule has 3 rings (SSSR count). The summed E-state index contributed by atoms with van der Waals surface area (Å²) in [6.07, 6.45) is 2.56. The van der Waals surface area contributed by atoms with Crippen molar-refractivity contribution < 1.29 is 14.3 Å². The van der Waals surface area contributed by atoms with Crippen molar-refractivity contribution in [2.75, 3.05) is 18.0 Å². The number of aromatic nitrogens is 1. The van der Waals surface area contributed by atoms with Gasteiger partial charge in [-0.15, -0.1) is 0 Å². The smallest absolute Gasteiger partial charge is 0.335 e. The number of hydrogen-bond acceptors (Lipinski definition) is 4. The summed E-state index contributed by atoms with van der Waals surface area (Å²) >= 11 is 0. The summed E-state index contributed by atoms with van der Waals surface area (Å²) in [5.41, 5.74) is 1.46. The second-order valence-electron chi connectivity index (χ2n) is 4.97. The van der Waals surface area contributed by atoms with Crippen molar-refractivity contribution in [1.29, 1.82) is 0 Å². The average molecular weight is 260 g/mol. The third-order valence-corrected chi connectivity index (χ3v) is 3.45. The van der Waals surface area contributed by atoms with Crippen molar-refractivity contribution >= 4 is 23.1 Å². The van der Waals surface area contributed by atoms with E-state index in [1.165, 1.54) is 18.9 Å². The van der Waals surface area contributed by atoms with Gasteiger partial charge in [0, 0.05) is 13.1 Å². The molecular formula is C14H16N2O3. The first-order valence-electron chi connectivity index (χ1n) is 6.56. The van der Waals surface area contributed by atoms with Gasteiger partial charge in [-0.2, -0.15) is 4.98 Å². The van der Waals surface area contributed by atoms with Gasteiger partial charge in [-0.05, 0) is 43.9 Å². The van der Waals surface area contributed by atoms with Crippen molar-refractivity contribution in [1.82, 2.24) is 4.98 Å². The van der Waals surface area contributed by atoms with E-state index in [1.807, 2.05) is 0 Å². The van der Waals surface area contributed by atoms with Gasteiger partial charge < -0.3 is 14.4 Å². The predicted octanol–water partition coefficient (Wildman–Crippen LogP) is 2.76. The third kappa shape index (κ3) is 2.41. The fourth-order valence-electron chi connectivity index (χ4n) is 2.14. The highest BCUT2D eigenvalue weighted by atomic mass is 16.4. The van der Waals surface area contributed by atoms with E-state index >= 15 is 0 Å².